The van der Waals surface area contributed by atoms with Crippen molar-refractivity contribution in [2.75, 3.05) is 0 Å². The molecule has 5 rings (SSSR count). The van der Waals surface area contributed by atoms with E-state index in [1.165, 1.54) is 0 Å². The zero-order valence-electron chi connectivity index (χ0n) is 18.5. The van der Waals surface area contributed by atoms with Gasteiger partial charge in [0.05, 0.1) is 16.6 Å². The Hall–Kier alpha value is -3.09. The van der Waals surface area contributed by atoms with E-state index in [0.717, 1.165) is 22.3 Å². The average Bonchev–Trinajstić information content (AvgIpc) is 3.19. The molecule has 2 aromatic heterocycles. The largest absolute Gasteiger partial charge is 0.481 e. The van der Waals surface area contributed by atoms with Crippen molar-refractivity contribution in [1.82, 2.24) is 15.0 Å². The summed E-state index contributed by atoms with van der Waals surface area (Å²) >= 11 is 12.8. The summed E-state index contributed by atoms with van der Waals surface area (Å²) in [5.74, 6) is -1.02. The third-order valence-electron chi connectivity index (χ3n) is 6.24. The quantitative estimate of drug-likeness (QED) is 0.313. The number of benzene rings is 2. The van der Waals surface area contributed by atoms with E-state index in [1.807, 2.05) is 43.3 Å². The Morgan fingerprint density at radius 3 is 2.35 bits per heavy atom. The number of fused-ring (bicyclic) bond motifs is 1. The number of pyridine rings is 1. The monoisotopic (exact) mass is 495 g/mol. The van der Waals surface area contributed by atoms with E-state index in [4.69, 9.17) is 38.0 Å². The maximum Gasteiger partial charge on any atom is 0.306 e. The number of rotatable bonds is 5. The van der Waals surface area contributed by atoms with Crippen LogP contribution in [0.3, 0.4) is 0 Å². The Kier molecular flexibility index (Phi) is 6.19. The fraction of sp³-hybridized carbons (Fsp3) is 0.269. The van der Waals surface area contributed by atoms with Gasteiger partial charge in [0.2, 0.25) is 0 Å². The summed E-state index contributed by atoms with van der Waals surface area (Å²) in [6.45, 7) is 2.02. The number of aromatic amines is 1. The van der Waals surface area contributed by atoms with Gasteiger partial charge in [-0.2, -0.15) is 4.98 Å². The lowest BCUT2D eigenvalue weighted by Gasteiger charge is -2.25. The van der Waals surface area contributed by atoms with E-state index in [1.54, 1.807) is 6.07 Å². The lowest BCUT2D eigenvalue weighted by molar-refractivity contribution is -0.143. The second kappa shape index (κ2) is 9.28. The molecule has 0 saturated heterocycles. The van der Waals surface area contributed by atoms with E-state index in [9.17, 15) is 4.79 Å². The Bertz CT molecular complexity index is 1340. The summed E-state index contributed by atoms with van der Waals surface area (Å²) in [7, 11) is 0. The number of carboxylic acids is 1. The molecular weight excluding hydrogens is 473 g/mol. The van der Waals surface area contributed by atoms with Crippen molar-refractivity contribution in [2.24, 2.45) is 5.92 Å². The highest BCUT2D eigenvalue weighted by molar-refractivity contribution is 6.33. The van der Waals surface area contributed by atoms with Gasteiger partial charge in [-0.3, -0.25) is 9.78 Å². The van der Waals surface area contributed by atoms with Crippen LogP contribution in [-0.4, -0.2) is 32.1 Å². The highest BCUT2D eigenvalue weighted by Gasteiger charge is 2.27. The minimum atomic E-state index is -0.732. The van der Waals surface area contributed by atoms with Gasteiger partial charge >= 0.3 is 5.97 Å². The lowest BCUT2D eigenvalue weighted by Crippen LogP contribution is -2.28. The van der Waals surface area contributed by atoms with Crippen molar-refractivity contribution >= 4 is 40.3 Å². The Balaban J connectivity index is 1.36. The summed E-state index contributed by atoms with van der Waals surface area (Å²) in [6.07, 6.45) is 2.53. The maximum absolute atomic E-state index is 11.1. The van der Waals surface area contributed by atoms with Crippen molar-refractivity contribution in [3.8, 4) is 28.4 Å². The molecule has 2 heterocycles. The molecule has 0 unspecified atom stereocenters. The fourth-order valence-corrected chi connectivity index (χ4v) is 5.01. The number of carbonyl (C=O) groups is 1. The molecule has 1 fully saturated rings. The zero-order valence-corrected chi connectivity index (χ0v) is 20.0. The first-order valence-corrected chi connectivity index (χ1v) is 11.9. The molecule has 8 heteroatoms. The molecule has 0 aliphatic heterocycles. The minimum absolute atomic E-state index is 0.0613. The van der Waals surface area contributed by atoms with Crippen LogP contribution in [0.4, 0.5) is 0 Å². The molecule has 0 atom stereocenters. The SMILES string of the molecule is Cc1cc(Cl)cc(-c2ccc(-c3nc4[nH]c(O[C@H]5CC[C@H](C(=O)O)CC5)nc4cc3Cl)cc2)c1. The number of aryl methyl sites for hydroxylation is 1. The molecule has 2 aromatic carbocycles. The molecule has 1 aliphatic carbocycles. The number of imidazole rings is 1. The number of H-pyrrole nitrogens is 1. The van der Waals surface area contributed by atoms with Crippen molar-refractivity contribution in [3.05, 3.63) is 64.1 Å². The smallest absolute Gasteiger partial charge is 0.306 e. The van der Waals surface area contributed by atoms with Crippen LogP contribution in [-0.2, 0) is 4.79 Å². The topological polar surface area (TPSA) is 88.1 Å². The number of halogens is 2. The molecule has 1 saturated carbocycles. The molecule has 0 spiro atoms. The standard InChI is InChI=1S/C26H23Cl2N3O3/c1-14-10-18(12-19(27)11-14)15-2-4-16(5-3-15)23-21(28)13-22-24(30-23)31-26(29-22)34-20-8-6-17(7-9-20)25(32)33/h2-5,10-13,17,20H,6-9H2,1H3,(H,32,33)(H,29,30,31)/t17-,20-. The van der Waals surface area contributed by atoms with Crippen LogP contribution in [0.1, 0.15) is 31.2 Å². The third kappa shape index (κ3) is 4.74. The molecule has 34 heavy (non-hydrogen) atoms. The van der Waals surface area contributed by atoms with Crippen LogP contribution in [0.25, 0.3) is 33.5 Å². The molecular formula is C26H23Cl2N3O3. The number of carboxylic acid groups (broad SMARTS) is 1. The van der Waals surface area contributed by atoms with E-state index in [-0.39, 0.29) is 12.0 Å². The number of aliphatic carboxylic acids is 1. The van der Waals surface area contributed by atoms with Crippen LogP contribution in [0, 0.1) is 12.8 Å². The first-order chi connectivity index (χ1) is 16.4. The van der Waals surface area contributed by atoms with Crippen molar-refractivity contribution in [3.63, 3.8) is 0 Å². The molecule has 6 nitrogen and oxygen atoms in total. The summed E-state index contributed by atoms with van der Waals surface area (Å²) < 4.78 is 5.98. The molecule has 0 amide bonds. The normalized spacial score (nSPS) is 18.2. The maximum atomic E-state index is 11.1. The number of nitrogens with one attached hydrogen (secondary N) is 1. The molecule has 2 N–H and O–H groups in total. The van der Waals surface area contributed by atoms with E-state index < -0.39 is 5.97 Å². The van der Waals surface area contributed by atoms with Crippen molar-refractivity contribution in [2.45, 2.75) is 38.7 Å². The van der Waals surface area contributed by atoms with Crippen molar-refractivity contribution < 1.29 is 14.6 Å². The fourth-order valence-electron chi connectivity index (χ4n) is 4.46. The second-order valence-electron chi connectivity index (χ2n) is 8.75. The Morgan fingerprint density at radius 2 is 1.68 bits per heavy atom. The predicted octanol–water partition coefficient (Wildman–Crippen LogP) is 6.93. The van der Waals surface area contributed by atoms with Gasteiger partial charge in [-0.15, -0.1) is 0 Å². The molecule has 174 valence electrons. The Morgan fingerprint density at radius 1 is 0.971 bits per heavy atom. The van der Waals surface area contributed by atoms with Gasteiger partial charge in [-0.25, -0.2) is 4.98 Å². The predicted molar refractivity (Wildman–Crippen MR) is 134 cm³/mol. The second-order valence-corrected chi connectivity index (χ2v) is 9.60. The molecule has 1 aliphatic rings. The number of ether oxygens (including phenoxy) is 1. The van der Waals surface area contributed by atoms with E-state index >= 15 is 0 Å². The summed E-state index contributed by atoms with van der Waals surface area (Å²) in [5.41, 5.74) is 5.96. The number of hydrogen-bond donors (Lipinski definition) is 2. The number of nitrogens with zero attached hydrogens (tertiary/aromatic N) is 2. The number of aromatic nitrogens is 3. The van der Waals surface area contributed by atoms with Crippen molar-refractivity contribution in [1.29, 1.82) is 0 Å². The highest BCUT2D eigenvalue weighted by atomic mass is 35.5. The summed E-state index contributed by atoms with van der Waals surface area (Å²) in [6, 6.07) is 16.1. The van der Waals surface area contributed by atoms with Crippen LogP contribution in [0.2, 0.25) is 10.0 Å². The van der Waals surface area contributed by atoms with Crippen LogP contribution < -0.4 is 4.74 Å². The van der Waals surface area contributed by atoms with Gasteiger partial charge in [-0.05, 0) is 67.5 Å². The molecule has 0 bridgehead atoms. The van der Waals surface area contributed by atoms with Crippen LogP contribution in [0.5, 0.6) is 6.01 Å². The first-order valence-electron chi connectivity index (χ1n) is 11.2. The molecule has 4 aromatic rings. The zero-order chi connectivity index (χ0) is 23.8. The third-order valence-corrected chi connectivity index (χ3v) is 6.75. The molecule has 0 radical (unpaired) electrons. The first kappa shape index (κ1) is 22.7. The van der Waals surface area contributed by atoms with Gasteiger partial charge in [0, 0.05) is 10.6 Å². The summed E-state index contributed by atoms with van der Waals surface area (Å²) in [5, 5.41) is 10.4. The van der Waals surface area contributed by atoms with Gasteiger partial charge in [0.1, 0.15) is 11.6 Å². The highest BCUT2D eigenvalue weighted by Crippen LogP contribution is 2.33. The summed E-state index contributed by atoms with van der Waals surface area (Å²) in [4.78, 5) is 23.4. The van der Waals surface area contributed by atoms with Gasteiger partial charge in [-0.1, -0.05) is 53.5 Å². The average molecular weight is 496 g/mol. The van der Waals surface area contributed by atoms with Crippen LogP contribution in [0.15, 0.2) is 48.5 Å². The lowest BCUT2D eigenvalue weighted by atomic mass is 9.87. The number of hydrogen-bond acceptors (Lipinski definition) is 4. The van der Waals surface area contributed by atoms with Crippen LogP contribution >= 0.6 is 23.2 Å². The minimum Gasteiger partial charge on any atom is -0.481 e. The van der Waals surface area contributed by atoms with Gasteiger partial charge in [0.15, 0.2) is 5.65 Å². The van der Waals surface area contributed by atoms with Gasteiger partial charge in [0.25, 0.3) is 6.01 Å². The van der Waals surface area contributed by atoms with E-state index in [2.05, 4.69) is 16.0 Å². The van der Waals surface area contributed by atoms with Gasteiger partial charge < -0.3 is 9.84 Å². The Labute approximate surface area is 206 Å². The van der Waals surface area contributed by atoms with E-state index in [0.29, 0.717) is 58.6 Å².